The van der Waals surface area contributed by atoms with Crippen molar-refractivity contribution in [3.63, 3.8) is 0 Å². The topological polar surface area (TPSA) is 49.4 Å². The summed E-state index contributed by atoms with van der Waals surface area (Å²) >= 11 is 7.15. The van der Waals surface area contributed by atoms with Crippen LogP contribution >= 0.6 is 35.3 Å². The molecule has 0 saturated carbocycles. The quantitative estimate of drug-likeness (QED) is 0.880. The summed E-state index contributed by atoms with van der Waals surface area (Å²) in [7, 11) is -3.42. The van der Waals surface area contributed by atoms with Gasteiger partial charge in [0.15, 0.2) is 0 Å². The molecule has 8 heteroatoms. The van der Waals surface area contributed by atoms with Crippen LogP contribution in [0.5, 0.6) is 0 Å². The van der Waals surface area contributed by atoms with E-state index in [2.05, 4.69) is 5.32 Å². The van der Waals surface area contributed by atoms with Gasteiger partial charge in [0.25, 0.3) is 10.0 Å². The van der Waals surface area contributed by atoms with Crippen LogP contribution in [0.3, 0.4) is 0 Å². The Bertz CT molecular complexity index is 520. The average Bonchev–Trinajstić information content (AvgIpc) is 2.97. The number of sulfonamides is 1. The first-order valence-corrected chi connectivity index (χ1v) is 9.08. The Hall–Kier alpha value is 0.150. The molecule has 0 spiro atoms. The molecule has 1 fully saturated rings. The Morgan fingerprint density at radius 3 is 2.70 bits per heavy atom. The van der Waals surface area contributed by atoms with Crippen molar-refractivity contribution in [2.45, 2.75) is 36.9 Å². The standard InChI is InChI=1S/C12H19ClN2O2S2.ClH/c1-3-6-15(10-4-5-14-8-10)19(16,17)11-7-9(2)12(13)18-11;/h7,10,14H,3-6,8H2,1-2H3;1H. The maximum Gasteiger partial charge on any atom is 0.252 e. The third kappa shape index (κ3) is 3.67. The lowest BCUT2D eigenvalue weighted by atomic mass is 10.2. The summed E-state index contributed by atoms with van der Waals surface area (Å²) in [6.45, 7) is 6.00. The predicted octanol–water partition coefficient (Wildman–Crippen LogP) is 2.89. The van der Waals surface area contributed by atoms with Gasteiger partial charge < -0.3 is 5.32 Å². The van der Waals surface area contributed by atoms with Crippen molar-refractivity contribution in [2.24, 2.45) is 0 Å². The van der Waals surface area contributed by atoms with E-state index in [0.29, 0.717) is 15.1 Å². The largest absolute Gasteiger partial charge is 0.315 e. The summed E-state index contributed by atoms with van der Waals surface area (Å²) in [6.07, 6.45) is 1.69. The third-order valence-corrected chi connectivity index (χ3v) is 7.24. The monoisotopic (exact) mass is 358 g/mol. The Labute approximate surface area is 136 Å². The highest BCUT2D eigenvalue weighted by molar-refractivity contribution is 7.91. The fourth-order valence-electron chi connectivity index (χ4n) is 2.28. The molecule has 20 heavy (non-hydrogen) atoms. The molecule has 0 radical (unpaired) electrons. The molecule has 4 nitrogen and oxygen atoms in total. The van der Waals surface area contributed by atoms with E-state index in [4.69, 9.17) is 11.6 Å². The maximum atomic E-state index is 12.7. The molecule has 1 atom stereocenters. The lowest BCUT2D eigenvalue weighted by Crippen LogP contribution is -2.41. The first-order valence-electron chi connectivity index (χ1n) is 6.45. The Morgan fingerprint density at radius 1 is 1.55 bits per heavy atom. The van der Waals surface area contributed by atoms with Crippen LogP contribution in [0.25, 0.3) is 0 Å². The zero-order valence-corrected chi connectivity index (χ0v) is 14.8. The maximum absolute atomic E-state index is 12.7. The first-order chi connectivity index (χ1) is 8.96. The molecule has 0 aliphatic carbocycles. The Morgan fingerprint density at radius 2 is 2.25 bits per heavy atom. The number of thiophene rings is 1. The number of nitrogens with zero attached hydrogens (tertiary/aromatic N) is 1. The molecule has 1 aromatic rings. The number of nitrogens with one attached hydrogen (secondary N) is 1. The minimum atomic E-state index is -3.42. The van der Waals surface area contributed by atoms with Crippen LogP contribution in [-0.4, -0.2) is 38.4 Å². The van der Waals surface area contributed by atoms with E-state index in [1.807, 2.05) is 13.8 Å². The predicted molar refractivity (Wildman–Crippen MR) is 86.8 cm³/mol. The van der Waals surface area contributed by atoms with Crippen LogP contribution in [0.1, 0.15) is 25.3 Å². The molecule has 1 aliphatic heterocycles. The number of rotatable bonds is 5. The van der Waals surface area contributed by atoms with Gasteiger partial charge in [-0.2, -0.15) is 4.31 Å². The van der Waals surface area contributed by atoms with Crippen LogP contribution < -0.4 is 5.32 Å². The lowest BCUT2D eigenvalue weighted by molar-refractivity contribution is 0.336. The zero-order chi connectivity index (χ0) is 14.0. The van der Waals surface area contributed by atoms with E-state index in [-0.39, 0.29) is 18.4 Å². The van der Waals surface area contributed by atoms with Crippen molar-refractivity contribution in [3.8, 4) is 0 Å². The van der Waals surface area contributed by atoms with Crippen molar-refractivity contribution in [1.82, 2.24) is 9.62 Å². The second kappa shape index (κ2) is 7.42. The number of halogens is 2. The summed E-state index contributed by atoms with van der Waals surface area (Å²) in [5, 5.41) is 3.22. The minimum Gasteiger partial charge on any atom is -0.315 e. The van der Waals surface area contributed by atoms with Gasteiger partial charge in [-0.05, 0) is 37.9 Å². The van der Waals surface area contributed by atoms with Crippen LogP contribution in [-0.2, 0) is 10.0 Å². The van der Waals surface area contributed by atoms with Gasteiger partial charge in [-0.15, -0.1) is 23.7 Å². The lowest BCUT2D eigenvalue weighted by Gasteiger charge is -2.26. The van der Waals surface area contributed by atoms with Crippen LogP contribution in [0.15, 0.2) is 10.3 Å². The molecule has 2 heterocycles. The number of hydrogen-bond acceptors (Lipinski definition) is 4. The van der Waals surface area contributed by atoms with E-state index < -0.39 is 10.0 Å². The van der Waals surface area contributed by atoms with E-state index in [1.54, 1.807) is 10.4 Å². The van der Waals surface area contributed by atoms with E-state index in [0.717, 1.165) is 42.8 Å². The third-order valence-electron chi connectivity index (χ3n) is 3.28. The zero-order valence-electron chi connectivity index (χ0n) is 11.6. The molecule has 116 valence electrons. The molecular weight excluding hydrogens is 339 g/mol. The van der Waals surface area contributed by atoms with E-state index in [1.165, 1.54) is 0 Å². The van der Waals surface area contributed by atoms with Gasteiger partial charge in [-0.1, -0.05) is 18.5 Å². The highest BCUT2D eigenvalue weighted by Crippen LogP contribution is 2.33. The molecule has 0 aromatic carbocycles. The molecule has 1 aromatic heterocycles. The smallest absolute Gasteiger partial charge is 0.252 e. The van der Waals surface area contributed by atoms with Crippen LogP contribution in [0, 0.1) is 6.92 Å². The van der Waals surface area contributed by atoms with Crippen molar-refractivity contribution >= 4 is 45.4 Å². The van der Waals surface area contributed by atoms with E-state index in [9.17, 15) is 8.42 Å². The van der Waals surface area contributed by atoms with Gasteiger partial charge in [0, 0.05) is 19.1 Å². The normalized spacial score (nSPS) is 19.3. The SMILES string of the molecule is CCCN(C1CCNC1)S(=O)(=O)c1cc(C)c(Cl)s1.Cl. The van der Waals surface area contributed by atoms with Gasteiger partial charge >= 0.3 is 0 Å². The highest BCUT2D eigenvalue weighted by Gasteiger charge is 2.33. The Kier molecular flexibility index (Phi) is 6.76. The molecule has 2 rings (SSSR count). The van der Waals surface area contributed by atoms with Gasteiger partial charge in [0.2, 0.25) is 0 Å². The summed E-state index contributed by atoms with van der Waals surface area (Å²) in [5.41, 5.74) is 0.825. The summed E-state index contributed by atoms with van der Waals surface area (Å²) < 4.78 is 28.0. The van der Waals surface area contributed by atoms with Gasteiger partial charge in [0.1, 0.15) is 4.21 Å². The second-order valence-electron chi connectivity index (χ2n) is 4.78. The van der Waals surface area contributed by atoms with Crippen molar-refractivity contribution in [2.75, 3.05) is 19.6 Å². The molecule has 1 unspecified atom stereocenters. The minimum absolute atomic E-state index is 0. The second-order valence-corrected chi connectivity index (χ2v) is 8.56. The summed E-state index contributed by atoms with van der Waals surface area (Å²) in [5.74, 6) is 0. The summed E-state index contributed by atoms with van der Waals surface area (Å²) in [6, 6.07) is 1.74. The number of hydrogen-bond donors (Lipinski definition) is 1. The van der Waals surface area contributed by atoms with Gasteiger partial charge in [-0.3, -0.25) is 0 Å². The molecule has 1 N–H and O–H groups in total. The van der Waals surface area contributed by atoms with Gasteiger partial charge in [0.05, 0.1) is 4.34 Å². The van der Waals surface area contributed by atoms with Gasteiger partial charge in [-0.25, -0.2) is 8.42 Å². The average molecular weight is 359 g/mol. The number of aryl methyl sites for hydroxylation is 1. The van der Waals surface area contributed by atoms with Crippen molar-refractivity contribution < 1.29 is 8.42 Å². The first kappa shape index (κ1) is 18.2. The fourth-order valence-corrected chi connectivity index (χ4v) is 5.86. The van der Waals surface area contributed by atoms with Crippen molar-refractivity contribution in [1.29, 1.82) is 0 Å². The van der Waals surface area contributed by atoms with E-state index >= 15 is 0 Å². The van der Waals surface area contributed by atoms with Crippen molar-refractivity contribution in [3.05, 3.63) is 16.0 Å². The van der Waals surface area contributed by atoms with Crippen LogP contribution in [0.2, 0.25) is 4.34 Å². The molecule has 0 bridgehead atoms. The summed E-state index contributed by atoms with van der Waals surface area (Å²) in [4.78, 5) is 0. The van der Waals surface area contributed by atoms with Crippen LogP contribution in [0.4, 0.5) is 0 Å². The fraction of sp³-hybridized carbons (Fsp3) is 0.667. The highest BCUT2D eigenvalue weighted by atomic mass is 35.5. The molecule has 1 saturated heterocycles. The molecule has 0 amide bonds. The molecular formula is C12H20Cl2N2O2S2. The molecule has 1 aliphatic rings. The Balaban J connectivity index is 0.00000200.